The number of hydrogen-bond acceptors (Lipinski definition) is 6. The summed E-state index contributed by atoms with van der Waals surface area (Å²) in [6, 6.07) is 5.77. The van der Waals surface area contributed by atoms with Crippen LogP contribution >= 0.6 is 0 Å². The van der Waals surface area contributed by atoms with E-state index in [1.54, 1.807) is 25.3 Å². The first-order chi connectivity index (χ1) is 15.0. The number of piperazine rings is 1. The fraction of sp³-hybridized carbons (Fsp3) is 0.435. The summed E-state index contributed by atoms with van der Waals surface area (Å²) in [5.74, 6) is 3.90. The van der Waals surface area contributed by atoms with Crippen LogP contribution < -0.4 is 19.9 Å². The molecule has 1 aliphatic rings. The highest BCUT2D eigenvalue weighted by molar-refractivity contribution is 5.93. The number of aromatic nitrogens is 2. The summed E-state index contributed by atoms with van der Waals surface area (Å²) in [5, 5.41) is 3.21. The number of ether oxygens (including phenoxy) is 1. The molecule has 2 aromatic rings. The fourth-order valence-electron chi connectivity index (χ4n) is 3.72. The molecule has 0 aliphatic carbocycles. The highest BCUT2D eigenvalue weighted by atomic mass is 16.5. The first-order valence-electron chi connectivity index (χ1n) is 10.4. The zero-order valence-electron chi connectivity index (χ0n) is 18.7. The van der Waals surface area contributed by atoms with Crippen molar-refractivity contribution in [1.82, 2.24) is 14.9 Å². The topological polar surface area (TPSA) is 73.8 Å². The standard InChI is InChI=1S/C23H30N6O2/c1-6-10-24-19-9-8-11-25-21(19)28-12-14-29(15-13-28)23(30)27(4)20-16-18(7-2)17(3)26-22(20)31-5/h1,8-9,11,16,24H,7,10,12-15H2,2-5H3. The highest BCUT2D eigenvalue weighted by Crippen LogP contribution is 2.29. The van der Waals surface area contributed by atoms with E-state index in [0.29, 0.717) is 44.3 Å². The van der Waals surface area contributed by atoms with Gasteiger partial charge in [0, 0.05) is 45.1 Å². The molecule has 164 valence electrons. The number of hydrogen-bond donors (Lipinski definition) is 1. The summed E-state index contributed by atoms with van der Waals surface area (Å²) in [4.78, 5) is 27.9. The number of methoxy groups -OCH3 is 1. The Balaban J connectivity index is 1.71. The molecule has 0 radical (unpaired) electrons. The molecular formula is C23H30N6O2. The van der Waals surface area contributed by atoms with E-state index in [2.05, 4.69) is 33.0 Å². The van der Waals surface area contributed by atoms with Crippen LogP contribution in [0.1, 0.15) is 18.2 Å². The van der Waals surface area contributed by atoms with E-state index in [0.717, 1.165) is 29.2 Å². The highest BCUT2D eigenvalue weighted by Gasteiger charge is 2.27. The predicted octanol–water partition coefficient (Wildman–Crippen LogP) is 2.78. The number of aryl methyl sites for hydroxylation is 2. The van der Waals surface area contributed by atoms with Crippen molar-refractivity contribution in [3.05, 3.63) is 35.7 Å². The van der Waals surface area contributed by atoms with Gasteiger partial charge in [0.15, 0.2) is 5.82 Å². The normalized spacial score (nSPS) is 13.5. The van der Waals surface area contributed by atoms with E-state index in [9.17, 15) is 4.79 Å². The molecule has 0 saturated carbocycles. The second-order valence-electron chi connectivity index (χ2n) is 7.36. The molecule has 8 heteroatoms. The Morgan fingerprint density at radius 1 is 1.35 bits per heavy atom. The third kappa shape index (κ3) is 4.82. The SMILES string of the molecule is C#CCNc1cccnc1N1CCN(C(=O)N(C)c2cc(CC)c(C)nc2OC)CC1. The summed E-state index contributed by atoms with van der Waals surface area (Å²) in [6.45, 7) is 7.03. The summed E-state index contributed by atoms with van der Waals surface area (Å²) in [6.07, 6.45) is 7.98. The maximum atomic E-state index is 13.2. The first kappa shape index (κ1) is 22.2. The van der Waals surface area contributed by atoms with Gasteiger partial charge in [0.2, 0.25) is 5.88 Å². The summed E-state index contributed by atoms with van der Waals surface area (Å²) in [5.41, 5.74) is 3.60. The predicted molar refractivity (Wildman–Crippen MR) is 124 cm³/mol. The molecule has 0 aromatic carbocycles. The lowest BCUT2D eigenvalue weighted by molar-refractivity contribution is 0.202. The molecule has 1 N–H and O–H groups in total. The Hall–Kier alpha value is -3.47. The zero-order valence-corrected chi connectivity index (χ0v) is 18.7. The minimum Gasteiger partial charge on any atom is -0.480 e. The number of terminal acetylenes is 1. The Bertz CT molecular complexity index is 963. The molecule has 8 nitrogen and oxygen atoms in total. The number of rotatable bonds is 6. The minimum absolute atomic E-state index is 0.0719. The van der Waals surface area contributed by atoms with E-state index in [4.69, 9.17) is 11.2 Å². The van der Waals surface area contributed by atoms with Crippen LogP contribution in [0.4, 0.5) is 22.0 Å². The second-order valence-corrected chi connectivity index (χ2v) is 7.36. The largest absolute Gasteiger partial charge is 0.480 e. The minimum atomic E-state index is -0.0719. The maximum absolute atomic E-state index is 13.2. The lowest BCUT2D eigenvalue weighted by atomic mass is 10.1. The lowest BCUT2D eigenvalue weighted by Gasteiger charge is -2.37. The molecule has 1 saturated heterocycles. The molecule has 31 heavy (non-hydrogen) atoms. The van der Waals surface area contributed by atoms with Gasteiger partial charge in [-0.1, -0.05) is 12.8 Å². The van der Waals surface area contributed by atoms with Gasteiger partial charge in [-0.15, -0.1) is 6.42 Å². The molecule has 2 amide bonds. The van der Waals surface area contributed by atoms with Crippen LogP contribution in [0.3, 0.4) is 0 Å². The van der Waals surface area contributed by atoms with Crippen LogP contribution in [0.5, 0.6) is 5.88 Å². The van der Waals surface area contributed by atoms with Gasteiger partial charge in [0.1, 0.15) is 5.69 Å². The monoisotopic (exact) mass is 422 g/mol. The third-order valence-corrected chi connectivity index (χ3v) is 5.50. The van der Waals surface area contributed by atoms with Crippen molar-refractivity contribution in [2.24, 2.45) is 0 Å². The van der Waals surface area contributed by atoms with Crippen molar-refractivity contribution in [2.45, 2.75) is 20.3 Å². The zero-order chi connectivity index (χ0) is 22.4. The van der Waals surface area contributed by atoms with Crippen molar-refractivity contribution >= 4 is 23.2 Å². The maximum Gasteiger partial charge on any atom is 0.324 e. The average molecular weight is 423 g/mol. The Morgan fingerprint density at radius 3 is 2.74 bits per heavy atom. The molecule has 0 bridgehead atoms. The summed E-state index contributed by atoms with van der Waals surface area (Å²) < 4.78 is 5.44. The number of nitrogens with zero attached hydrogens (tertiary/aromatic N) is 5. The molecule has 1 aliphatic heterocycles. The third-order valence-electron chi connectivity index (χ3n) is 5.50. The molecule has 0 spiro atoms. The first-order valence-corrected chi connectivity index (χ1v) is 10.4. The van der Waals surface area contributed by atoms with E-state index in [-0.39, 0.29) is 6.03 Å². The van der Waals surface area contributed by atoms with Crippen molar-refractivity contribution in [3.63, 3.8) is 0 Å². The van der Waals surface area contributed by atoms with Gasteiger partial charge < -0.3 is 19.9 Å². The van der Waals surface area contributed by atoms with Gasteiger partial charge in [-0.3, -0.25) is 4.90 Å². The number of urea groups is 1. The van der Waals surface area contributed by atoms with Crippen molar-refractivity contribution in [2.75, 3.05) is 62.0 Å². The molecule has 0 unspecified atom stereocenters. The number of anilines is 3. The number of amides is 2. The summed E-state index contributed by atoms with van der Waals surface area (Å²) in [7, 11) is 3.34. The van der Waals surface area contributed by atoms with Gasteiger partial charge >= 0.3 is 6.03 Å². The van der Waals surface area contributed by atoms with Crippen molar-refractivity contribution in [3.8, 4) is 18.2 Å². The quantitative estimate of drug-likeness (QED) is 0.722. The van der Waals surface area contributed by atoms with Gasteiger partial charge in [0.25, 0.3) is 0 Å². The van der Waals surface area contributed by atoms with Gasteiger partial charge in [-0.25, -0.2) is 14.8 Å². The molecular weight excluding hydrogens is 392 g/mol. The van der Waals surface area contributed by atoms with Crippen LogP contribution in [0.2, 0.25) is 0 Å². The number of carbonyl (C=O) groups is 1. The van der Waals surface area contributed by atoms with Gasteiger partial charge in [0.05, 0.1) is 19.3 Å². The molecule has 0 atom stereocenters. The van der Waals surface area contributed by atoms with Crippen molar-refractivity contribution < 1.29 is 9.53 Å². The van der Waals surface area contributed by atoms with Crippen LogP contribution in [-0.2, 0) is 6.42 Å². The van der Waals surface area contributed by atoms with E-state index in [1.807, 2.05) is 30.0 Å². The second kappa shape index (κ2) is 10.0. The molecule has 3 heterocycles. The molecule has 1 fully saturated rings. The molecule has 2 aromatic heterocycles. The lowest BCUT2D eigenvalue weighted by Crippen LogP contribution is -2.52. The van der Waals surface area contributed by atoms with Gasteiger partial charge in [-0.2, -0.15) is 0 Å². The van der Waals surface area contributed by atoms with Crippen LogP contribution in [0.15, 0.2) is 24.4 Å². The van der Waals surface area contributed by atoms with Crippen LogP contribution in [0.25, 0.3) is 0 Å². The number of nitrogens with one attached hydrogen (secondary N) is 1. The Morgan fingerprint density at radius 2 is 2.10 bits per heavy atom. The van der Waals surface area contributed by atoms with Gasteiger partial charge in [-0.05, 0) is 37.1 Å². The smallest absolute Gasteiger partial charge is 0.324 e. The van der Waals surface area contributed by atoms with Crippen molar-refractivity contribution in [1.29, 1.82) is 0 Å². The van der Waals surface area contributed by atoms with Crippen LogP contribution in [-0.4, -0.2) is 67.8 Å². The van der Waals surface area contributed by atoms with E-state index in [1.165, 1.54) is 0 Å². The Labute approximate surface area is 184 Å². The number of pyridine rings is 2. The fourth-order valence-corrected chi connectivity index (χ4v) is 3.72. The number of carbonyl (C=O) groups excluding carboxylic acids is 1. The molecule has 3 rings (SSSR count). The Kier molecular flexibility index (Phi) is 7.19. The van der Waals surface area contributed by atoms with E-state index < -0.39 is 0 Å². The van der Waals surface area contributed by atoms with E-state index >= 15 is 0 Å². The average Bonchev–Trinajstić information content (AvgIpc) is 2.81. The summed E-state index contributed by atoms with van der Waals surface area (Å²) >= 11 is 0. The van der Waals surface area contributed by atoms with Crippen LogP contribution in [0, 0.1) is 19.3 Å².